The van der Waals surface area contributed by atoms with Gasteiger partial charge in [0.05, 0.1) is 6.61 Å². The zero-order chi connectivity index (χ0) is 9.35. The highest BCUT2D eigenvalue weighted by molar-refractivity contribution is 5.68. The van der Waals surface area contributed by atoms with Gasteiger partial charge in [-0.1, -0.05) is 20.8 Å². The molecule has 1 aliphatic heterocycles. The fourth-order valence-electron chi connectivity index (χ4n) is 1.69. The molecule has 0 aromatic carbocycles. The fourth-order valence-corrected chi connectivity index (χ4v) is 1.69. The number of amides is 1. The van der Waals surface area contributed by atoms with Crippen LogP contribution in [0, 0.1) is 5.41 Å². The standard InChI is InChI=1S/C9H17NO2/c1-9(2,3)7-5-6-12-8(11)10(7)4/h7H,5-6H2,1-4H3. The molecular formula is C9H17NO2. The number of hydrogen-bond acceptors (Lipinski definition) is 2. The van der Waals surface area contributed by atoms with Crippen LogP contribution in [0.4, 0.5) is 4.79 Å². The number of hydrogen-bond donors (Lipinski definition) is 0. The first-order chi connectivity index (χ1) is 5.43. The molecule has 1 amide bonds. The van der Waals surface area contributed by atoms with Gasteiger partial charge in [0, 0.05) is 19.5 Å². The topological polar surface area (TPSA) is 29.5 Å². The van der Waals surface area contributed by atoms with Gasteiger partial charge >= 0.3 is 6.09 Å². The normalized spacial score (nSPS) is 25.5. The molecule has 0 spiro atoms. The third-order valence-electron chi connectivity index (χ3n) is 2.37. The van der Waals surface area contributed by atoms with E-state index in [0.29, 0.717) is 12.6 Å². The molecule has 3 heteroatoms. The number of cyclic esters (lactones) is 1. The minimum atomic E-state index is -0.193. The van der Waals surface area contributed by atoms with Crippen molar-refractivity contribution in [3.05, 3.63) is 0 Å². The van der Waals surface area contributed by atoms with Crippen molar-refractivity contribution in [2.24, 2.45) is 5.41 Å². The predicted molar refractivity (Wildman–Crippen MR) is 47.0 cm³/mol. The zero-order valence-electron chi connectivity index (χ0n) is 8.26. The highest BCUT2D eigenvalue weighted by Crippen LogP contribution is 2.28. The molecule has 1 rings (SSSR count). The summed E-state index contributed by atoms with van der Waals surface area (Å²) in [6.07, 6.45) is 0.743. The molecular weight excluding hydrogens is 154 g/mol. The van der Waals surface area contributed by atoms with Crippen molar-refractivity contribution in [2.75, 3.05) is 13.7 Å². The van der Waals surface area contributed by atoms with Crippen LogP contribution in [0.2, 0.25) is 0 Å². The summed E-state index contributed by atoms with van der Waals surface area (Å²) in [4.78, 5) is 12.9. The molecule has 1 saturated heterocycles. The first-order valence-corrected chi connectivity index (χ1v) is 4.32. The number of carbonyl (C=O) groups is 1. The van der Waals surface area contributed by atoms with Gasteiger partial charge in [-0.3, -0.25) is 0 Å². The Kier molecular flexibility index (Phi) is 2.31. The van der Waals surface area contributed by atoms with Gasteiger partial charge in [0.25, 0.3) is 0 Å². The SMILES string of the molecule is CN1C(=O)OCCC1C(C)(C)C. The molecule has 0 radical (unpaired) electrons. The Bertz CT molecular complexity index is 183. The second-order valence-corrected chi connectivity index (χ2v) is 4.40. The summed E-state index contributed by atoms with van der Waals surface area (Å²) in [6.45, 7) is 7.00. The summed E-state index contributed by atoms with van der Waals surface area (Å²) in [5.41, 5.74) is 0.147. The van der Waals surface area contributed by atoms with Gasteiger partial charge in [-0.05, 0) is 5.41 Å². The Labute approximate surface area is 73.7 Å². The van der Waals surface area contributed by atoms with Gasteiger partial charge in [-0.15, -0.1) is 0 Å². The molecule has 0 aromatic heterocycles. The molecule has 70 valence electrons. The lowest BCUT2D eigenvalue weighted by Crippen LogP contribution is -2.49. The number of ether oxygens (including phenoxy) is 1. The van der Waals surface area contributed by atoms with E-state index in [1.807, 2.05) is 0 Å². The lowest BCUT2D eigenvalue weighted by molar-refractivity contribution is 0.0213. The molecule has 1 heterocycles. The number of nitrogens with zero attached hydrogens (tertiary/aromatic N) is 1. The van der Waals surface area contributed by atoms with Crippen molar-refractivity contribution in [1.82, 2.24) is 4.90 Å². The maximum atomic E-state index is 11.2. The van der Waals surface area contributed by atoms with Crippen LogP contribution >= 0.6 is 0 Å². The summed E-state index contributed by atoms with van der Waals surface area (Å²) in [5.74, 6) is 0. The van der Waals surface area contributed by atoms with Gasteiger partial charge in [-0.25, -0.2) is 4.79 Å². The lowest BCUT2D eigenvalue weighted by atomic mass is 9.84. The van der Waals surface area contributed by atoms with Crippen LogP contribution < -0.4 is 0 Å². The zero-order valence-corrected chi connectivity index (χ0v) is 8.26. The summed E-state index contributed by atoms with van der Waals surface area (Å²) < 4.78 is 4.90. The second kappa shape index (κ2) is 2.96. The van der Waals surface area contributed by atoms with E-state index in [9.17, 15) is 4.79 Å². The fraction of sp³-hybridized carbons (Fsp3) is 0.889. The van der Waals surface area contributed by atoms with E-state index in [2.05, 4.69) is 20.8 Å². The second-order valence-electron chi connectivity index (χ2n) is 4.40. The molecule has 0 bridgehead atoms. The largest absolute Gasteiger partial charge is 0.449 e. The first-order valence-electron chi connectivity index (χ1n) is 4.32. The Hall–Kier alpha value is -0.730. The molecule has 0 N–H and O–H groups in total. The van der Waals surface area contributed by atoms with Crippen LogP contribution in [0.25, 0.3) is 0 Å². The Morgan fingerprint density at radius 3 is 2.50 bits per heavy atom. The van der Waals surface area contributed by atoms with Crippen LogP contribution in [-0.2, 0) is 4.74 Å². The van der Waals surface area contributed by atoms with E-state index < -0.39 is 0 Å². The monoisotopic (exact) mass is 171 g/mol. The third-order valence-corrected chi connectivity index (χ3v) is 2.37. The van der Waals surface area contributed by atoms with E-state index in [1.165, 1.54) is 0 Å². The summed E-state index contributed by atoms with van der Waals surface area (Å²) in [5, 5.41) is 0. The van der Waals surface area contributed by atoms with Crippen molar-refractivity contribution < 1.29 is 9.53 Å². The van der Waals surface area contributed by atoms with Crippen LogP contribution in [0.3, 0.4) is 0 Å². The summed E-state index contributed by atoms with van der Waals surface area (Å²) >= 11 is 0. The smallest absolute Gasteiger partial charge is 0.409 e. The van der Waals surface area contributed by atoms with Gasteiger partial charge in [-0.2, -0.15) is 0 Å². The maximum Gasteiger partial charge on any atom is 0.409 e. The van der Waals surface area contributed by atoms with Gasteiger partial charge in [0.2, 0.25) is 0 Å². The molecule has 0 aromatic rings. The van der Waals surface area contributed by atoms with E-state index >= 15 is 0 Å². The predicted octanol–water partition coefficient (Wildman–Crippen LogP) is 1.87. The van der Waals surface area contributed by atoms with Gasteiger partial charge in [0.15, 0.2) is 0 Å². The Morgan fingerprint density at radius 1 is 1.50 bits per heavy atom. The summed E-state index contributed by atoms with van der Waals surface area (Å²) in [7, 11) is 1.80. The molecule has 12 heavy (non-hydrogen) atoms. The molecule has 3 nitrogen and oxygen atoms in total. The molecule has 1 unspecified atom stereocenters. The maximum absolute atomic E-state index is 11.2. The minimum Gasteiger partial charge on any atom is -0.449 e. The molecule has 0 saturated carbocycles. The van der Waals surface area contributed by atoms with Crippen molar-refractivity contribution in [2.45, 2.75) is 33.2 Å². The molecule has 0 aliphatic carbocycles. The Morgan fingerprint density at radius 2 is 2.08 bits per heavy atom. The van der Waals surface area contributed by atoms with E-state index in [1.54, 1.807) is 11.9 Å². The molecule has 1 atom stereocenters. The molecule has 1 fully saturated rings. The highest BCUT2D eigenvalue weighted by Gasteiger charge is 2.34. The molecule has 1 aliphatic rings. The number of rotatable bonds is 0. The highest BCUT2D eigenvalue weighted by atomic mass is 16.6. The Balaban J connectivity index is 2.70. The van der Waals surface area contributed by atoms with Crippen LogP contribution in [0.1, 0.15) is 27.2 Å². The van der Waals surface area contributed by atoms with E-state index in [-0.39, 0.29) is 11.5 Å². The summed E-state index contributed by atoms with van der Waals surface area (Å²) in [6, 6.07) is 0.304. The van der Waals surface area contributed by atoms with Gasteiger partial charge in [0.1, 0.15) is 0 Å². The third kappa shape index (κ3) is 1.71. The van der Waals surface area contributed by atoms with Crippen LogP contribution in [0.15, 0.2) is 0 Å². The van der Waals surface area contributed by atoms with E-state index in [4.69, 9.17) is 4.74 Å². The first kappa shape index (κ1) is 9.36. The van der Waals surface area contributed by atoms with Crippen molar-refractivity contribution in [3.8, 4) is 0 Å². The van der Waals surface area contributed by atoms with E-state index in [0.717, 1.165) is 6.42 Å². The van der Waals surface area contributed by atoms with Crippen LogP contribution in [-0.4, -0.2) is 30.7 Å². The van der Waals surface area contributed by atoms with Crippen LogP contribution in [0.5, 0.6) is 0 Å². The minimum absolute atomic E-state index is 0.147. The van der Waals surface area contributed by atoms with Gasteiger partial charge < -0.3 is 9.64 Å². The van der Waals surface area contributed by atoms with Crippen molar-refractivity contribution >= 4 is 6.09 Å². The average Bonchev–Trinajstić information content (AvgIpc) is 1.92. The van der Waals surface area contributed by atoms with Crippen molar-refractivity contribution in [1.29, 1.82) is 0 Å². The quantitative estimate of drug-likeness (QED) is 0.557. The lowest BCUT2D eigenvalue weighted by Gasteiger charge is -2.40. The van der Waals surface area contributed by atoms with Crippen molar-refractivity contribution in [3.63, 3.8) is 0 Å². The number of carbonyl (C=O) groups excluding carboxylic acids is 1. The average molecular weight is 171 g/mol.